The van der Waals surface area contributed by atoms with E-state index in [-0.39, 0.29) is 6.04 Å². The zero-order valence-corrected chi connectivity index (χ0v) is 15.1. The molecule has 2 unspecified atom stereocenters. The zero-order chi connectivity index (χ0) is 18.9. The summed E-state index contributed by atoms with van der Waals surface area (Å²) in [6.07, 6.45) is 2.98. The van der Waals surface area contributed by atoms with E-state index in [2.05, 4.69) is 42.5 Å². The number of hydrogen-bond acceptors (Lipinski definition) is 4. The van der Waals surface area contributed by atoms with E-state index < -0.39 is 12.1 Å². The highest BCUT2D eigenvalue weighted by Gasteiger charge is 2.13. The fraction of sp³-hybridized carbons (Fsp3) is 0.381. The Morgan fingerprint density at radius 2 is 1.92 bits per heavy atom. The van der Waals surface area contributed by atoms with E-state index in [1.165, 1.54) is 23.6 Å². The number of aliphatic carboxylic acids is 1. The number of fused-ring (bicyclic) bond motifs is 1. The molecule has 2 aromatic carbocycles. The molecule has 0 aliphatic carbocycles. The number of carboxylic acids is 1. The zero-order valence-electron chi connectivity index (χ0n) is 15.1. The van der Waals surface area contributed by atoms with Crippen LogP contribution in [0.25, 0.3) is 0 Å². The number of carboxylic acid groups (broad SMARTS) is 1. The van der Waals surface area contributed by atoms with Gasteiger partial charge >= 0.3 is 5.97 Å². The summed E-state index contributed by atoms with van der Waals surface area (Å²) < 4.78 is 5.65. The van der Waals surface area contributed by atoms with Crippen molar-refractivity contribution in [2.24, 2.45) is 5.73 Å². The third-order valence-electron chi connectivity index (χ3n) is 4.30. The Hall–Kier alpha value is -2.37. The van der Waals surface area contributed by atoms with Gasteiger partial charge in [0.2, 0.25) is 0 Å². The third kappa shape index (κ3) is 6.17. The van der Waals surface area contributed by atoms with Crippen LogP contribution in [0.15, 0.2) is 48.5 Å². The molecule has 2 atom stereocenters. The first-order chi connectivity index (χ1) is 12.5. The number of carbonyl (C=O) groups is 1. The number of aryl methyl sites for hydroxylation is 2. The lowest BCUT2D eigenvalue weighted by Crippen LogP contribution is -2.14. The molecule has 0 fully saturated rings. The van der Waals surface area contributed by atoms with Gasteiger partial charge in [-0.2, -0.15) is 0 Å². The van der Waals surface area contributed by atoms with Crippen molar-refractivity contribution < 1.29 is 19.7 Å². The predicted octanol–water partition coefficient (Wildman–Crippen LogP) is 3.10. The molecule has 1 aliphatic rings. The minimum Gasteiger partial charge on any atom is -0.493 e. The van der Waals surface area contributed by atoms with Crippen molar-refractivity contribution in [1.82, 2.24) is 0 Å². The monoisotopic (exact) mass is 357 g/mol. The highest BCUT2D eigenvalue weighted by molar-refractivity contribution is 5.71. The van der Waals surface area contributed by atoms with Crippen molar-refractivity contribution in [2.75, 3.05) is 6.61 Å². The molecular formula is C21H27NO4. The van der Waals surface area contributed by atoms with Gasteiger partial charge in [0, 0.05) is 6.04 Å². The Balaban J connectivity index is 0.000000352. The molecule has 3 rings (SSSR count). The third-order valence-corrected chi connectivity index (χ3v) is 4.30. The van der Waals surface area contributed by atoms with E-state index in [1.807, 2.05) is 6.07 Å². The van der Waals surface area contributed by atoms with E-state index in [4.69, 9.17) is 20.7 Å². The lowest BCUT2D eigenvalue weighted by atomic mass is 9.96. The van der Waals surface area contributed by atoms with Gasteiger partial charge in [-0.15, -0.1) is 0 Å². The lowest BCUT2D eigenvalue weighted by Gasteiger charge is -2.20. The number of rotatable bonds is 5. The maximum atomic E-state index is 9.45. The van der Waals surface area contributed by atoms with Gasteiger partial charge in [-0.1, -0.05) is 42.5 Å². The Kier molecular flexibility index (Phi) is 7.63. The number of hydrogen-bond donors (Lipinski definition) is 3. The molecule has 140 valence electrons. The molecule has 0 saturated heterocycles. The van der Waals surface area contributed by atoms with Crippen LogP contribution in [-0.4, -0.2) is 28.9 Å². The Labute approximate surface area is 154 Å². The topological polar surface area (TPSA) is 92.8 Å². The van der Waals surface area contributed by atoms with Crippen LogP contribution >= 0.6 is 0 Å². The summed E-state index contributed by atoms with van der Waals surface area (Å²) >= 11 is 0. The van der Waals surface area contributed by atoms with Gasteiger partial charge in [-0.3, -0.25) is 0 Å². The first-order valence-electron chi connectivity index (χ1n) is 8.93. The summed E-state index contributed by atoms with van der Waals surface area (Å²) in [4.78, 5) is 9.45. The van der Waals surface area contributed by atoms with Crippen molar-refractivity contribution in [1.29, 1.82) is 0 Å². The smallest absolute Gasteiger partial charge is 0.332 e. The van der Waals surface area contributed by atoms with Crippen LogP contribution in [-0.2, 0) is 17.6 Å². The lowest BCUT2D eigenvalue weighted by molar-refractivity contribution is -0.145. The average molecular weight is 357 g/mol. The van der Waals surface area contributed by atoms with Crippen LogP contribution < -0.4 is 10.5 Å². The largest absolute Gasteiger partial charge is 0.493 e. The molecule has 26 heavy (non-hydrogen) atoms. The quantitative estimate of drug-likeness (QED) is 0.765. The molecule has 2 aromatic rings. The maximum absolute atomic E-state index is 9.45. The molecule has 0 saturated carbocycles. The molecule has 1 heterocycles. The Morgan fingerprint density at radius 3 is 2.58 bits per heavy atom. The minimum absolute atomic E-state index is 0.0995. The van der Waals surface area contributed by atoms with E-state index in [1.54, 1.807) is 0 Å². The van der Waals surface area contributed by atoms with Crippen LogP contribution in [0.5, 0.6) is 5.75 Å². The van der Waals surface area contributed by atoms with Gasteiger partial charge in [0.05, 0.1) is 6.61 Å². The van der Waals surface area contributed by atoms with Gasteiger partial charge in [0.25, 0.3) is 0 Å². The Bertz CT molecular complexity index is 700. The standard InChI is InChI=1S/C18H21NO.C3H6O3/c19-17(10-8-14-5-2-1-3-6-14)15-9-11-18-16(13-15)7-4-12-20-18;1-2(4)3(5)6/h1-3,5-6,9,11,13,17H,4,7-8,10,12,19H2;2,4H,1H3,(H,5,6). The highest BCUT2D eigenvalue weighted by atomic mass is 16.5. The molecular weight excluding hydrogens is 330 g/mol. The molecule has 5 heteroatoms. The van der Waals surface area contributed by atoms with Crippen LogP contribution in [0, 0.1) is 0 Å². The molecule has 0 aromatic heterocycles. The number of aliphatic hydroxyl groups is 1. The van der Waals surface area contributed by atoms with Crippen molar-refractivity contribution >= 4 is 5.97 Å². The summed E-state index contributed by atoms with van der Waals surface area (Å²) in [7, 11) is 0. The SMILES string of the molecule is CC(O)C(=O)O.NC(CCc1ccccc1)c1ccc2c(c1)CCCO2. The molecule has 5 nitrogen and oxygen atoms in total. The number of nitrogens with two attached hydrogens (primary N) is 1. The van der Waals surface area contributed by atoms with Crippen LogP contribution in [0.2, 0.25) is 0 Å². The van der Waals surface area contributed by atoms with Crippen LogP contribution in [0.1, 0.15) is 42.5 Å². The predicted molar refractivity (Wildman–Crippen MR) is 101 cm³/mol. The maximum Gasteiger partial charge on any atom is 0.332 e. The van der Waals surface area contributed by atoms with E-state index in [9.17, 15) is 4.79 Å². The van der Waals surface area contributed by atoms with Gasteiger partial charge in [0.1, 0.15) is 11.9 Å². The van der Waals surface area contributed by atoms with Gasteiger partial charge < -0.3 is 20.7 Å². The van der Waals surface area contributed by atoms with E-state index >= 15 is 0 Å². The number of benzene rings is 2. The van der Waals surface area contributed by atoms with Crippen molar-refractivity contribution in [3.63, 3.8) is 0 Å². The fourth-order valence-electron chi connectivity index (χ4n) is 2.74. The second-order valence-corrected chi connectivity index (χ2v) is 6.46. The van der Waals surface area contributed by atoms with Gasteiger partial charge in [0.15, 0.2) is 0 Å². The van der Waals surface area contributed by atoms with Crippen LogP contribution in [0.4, 0.5) is 0 Å². The summed E-state index contributed by atoms with van der Waals surface area (Å²) in [5.74, 6) is -0.148. The summed E-state index contributed by atoms with van der Waals surface area (Å²) in [5, 5.41) is 15.8. The Morgan fingerprint density at radius 1 is 1.23 bits per heavy atom. The summed E-state index contributed by atoms with van der Waals surface area (Å²) in [6.45, 7) is 2.04. The van der Waals surface area contributed by atoms with E-state index in [0.29, 0.717) is 0 Å². The number of aliphatic hydroxyl groups excluding tert-OH is 1. The van der Waals surface area contributed by atoms with Gasteiger partial charge in [-0.05, 0) is 55.4 Å². The molecule has 0 spiro atoms. The normalized spacial score (nSPS) is 14.9. The first kappa shape index (κ1) is 19.9. The van der Waals surface area contributed by atoms with Crippen molar-refractivity contribution in [3.8, 4) is 5.75 Å². The van der Waals surface area contributed by atoms with Gasteiger partial charge in [-0.25, -0.2) is 4.79 Å². The molecule has 1 aliphatic heterocycles. The average Bonchev–Trinajstić information content (AvgIpc) is 2.67. The molecule has 0 amide bonds. The van der Waals surface area contributed by atoms with E-state index in [0.717, 1.165) is 38.0 Å². The summed E-state index contributed by atoms with van der Waals surface area (Å²) in [5.41, 5.74) is 10.2. The molecule has 0 radical (unpaired) electrons. The fourth-order valence-corrected chi connectivity index (χ4v) is 2.74. The first-order valence-corrected chi connectivity index (χ1v) is 8.93. The second kappa shape index (κ2) is 9.94. The molecule has 0 bridgehead atoms. The highest BCUT2D eigenvalue weighted by Crippen LogP contribution is 2.28. The summed E-state index contributed by atoms with van der Waals surface area (Å²) in [6, 6.07) is 17.0. The van der Waals surface area contributed by atoms with Crippen LogP contribution in [0.3, 0.4) is 0 Å². The van der Waals surface area contributed by atoms with Crippen molar-refractivity contribution in [3.05, 3.63) is 65.2 Å². The second-order valence-electron chi connectivity index (χ2n) is 6.46. The number of ether oxygens (including phenoxy) is 1. The van der Waals surface area contributed by atoms with Crippen molar-refractivity contribution in [2.45, 2.75) is 44.8 Å². The minimum atomic E-state index is -1.23. The molecule has 4 N–H and O–H groups in total.